The van der Waals surface area contributed by atoms with Crippen molar-refractivity contribution >= 4 is 45.7 Å². The summed E-state index contributed by atoms with van der Waals surface area (Å²) < 4.78 is 11.3. The molecule has 33 heavy (non-hydrogen) atoms. The minimum absolute atomic E-state index is 0.0768. The van der Waals surface area contributed by atoms with Crippen LogP contribution in [0.4, 0.5) is 11.4 Å². The van der Waals surface area contributed by atoms with E-state index in [-0.39, 0.29) is 16.4 Å². The van der Waals surface area contributed by atoms with Gasteiger partial charge in [0.1, 0.15) is 11.3 Å². The summed E-state index contributed by atoms with van der Waals surface area (Å²) in [4.78, 5) is 27.0. The highest BCUT2D eigenvalue weighted by molar-refractivity contribution is 7.80. The van der Waals surface area contributed by atoms with Gasteiger partial charge in [-0.25, -0.2) is 4.98 Å². The number of amides is 1. The van der Waals surface area contributed by atoms with Gasteiger partial charge in [0.05, 0.1) is 11.5 Å². The Morgan fingerprint density at radius 1 is 1.12 bits per heavy atom. The second-order valence-electron chi connectivity index (χ2n) is 6.87. The lowest BCUT2D eigenvalue weighted by molar-refractivity contribution is -0.384. The van der Waals surface area contributed by atoms with E-state index in [4.69, 9.17) is 21.4 Å². The Morgan fingerprint density at radius 3 is 2.52 bits per heavy atom. The second-order valence-corrected chi connectivity index (χ2v) is 7.28. The van der Waals surface area contributed by atoms with E-state index in [1.54, 1.807) is 18.2 Å². The lowest BCUT2D eigenvalue weighted by Gasteiger charge is -2.09. The number of hydrogen-bond donors (Lipinski definition) is 2. The number of nitrogens with zero attached hydrogens (tertiary/aromatic N) is 2. The molecular weight excluding hydrogens is 444 g/mol. The van der Waals surface area contributed by atoms with Crippen LogP contribution in [0.1, 0.15) is 17.3 Å². The molecule has 166 valence electrons. The number of thiocarbonyl (C=S) groups is 1. The summed E-state index contributed by atoms with van der Waals surface area (Å²) in [6, 6.07) is 17.9. The molecule has 0 unspecified atom stereocenters. The fourth-order valence-corrected chi connectivity index (χ4v) is 3.27. The molecule has 0 fully saturated rings. The van der Waals surface area contributed by atoms with Gasteiger partial charge in [0.15, 0.2) is 10.7 Å². The Bertz CT molecular complexity index is 1330. The number of ether oxygens (including phenoxy) is 1. The maximum atomic E-state index is 12.3. The predicted octanol–water partition coefficient (Wildman–Crippen LogP) is 4.93. The van der Waals surface area contributed by atoms with Gasteiger partial charge in [-0.3, -0.25) is 20.2 Å². The van der Waals surface area contributed by atoms with Gasteiger partial charge in [-0.1, -0.05) is 0 Å². The summed E-state index contributed by atoms with van der Waals surface area (Å²) in [5.41, 5.74) is 2.80. The smallest absolute Gasteiger partial charge is 0.269 e. The number of nitro groups is 1. The number of non-ortho nitro benzene ring substituents is 1. The largest absolute Gasteiger partial charge is 0.494 e. The molecule has 0 atom stereocenters. The molecule has 10 heteroatoms. The van der Waals surface area contributed by atoms with Crippen molar-refractivity contribution in [2.75, 3.05) is 11.9 Å². The fraction of sp³-hybridized carbons (Fsp3) is 0.0870. The van der Waals surface area contributed by atoms with Crippen molar-refractivity contribution in [3.05, 3.63) is 82.4 Å². The highest BCUT2D eigenvalue weighted by Crippen LogP contribution is 2.27. The number of carbonyl (C=O) groups is 1. The van der Waals surface area contributed by atoms with Crippen LogP contribution in [0.3, 0.4) is 0 Å². The quantitative estimate of drug-likeness (QED) is 0.235. The first-order valence-electron chi connectivity index (χ1n) is 9.93. The lowest BCUT2D eigenvalue weighted by atomic mass is 10.2. The molecule has 9 nitrogen and oxygen atoms in total. The Balaban J connectivity index is 1.43. The molecule has 0 saturated heterocycles. The fourth-order valence-electron chi connectivity index (χ4n) is 3.06. The minimum atomic E-state index is -0.533. The zero-order valence-electron chi connectivity index (χ0n) is 17.4. The first-order chi connectivity index (χ1) is 15.9. The lowest BCUT2D eigenvalue weighted by Crippen LogP contribution is -2.34. The molecule has 0 aliphatic heterocycles. The normalized spacial score (nSPS) is 10.6. The standard InChI is InChI=1S/C23H18N4O5S/c1-2-31-18-10-5-15(6-11-18)22-25-19-13-16(7-12-20(19)32-22)24-23(33)26-21(28)14-3-8-17(9-4-14)27(29)30/h3-13H,2H2,1H3,(H2,24,26,28,33). The molecule has 1 heterocycles. The number of rotatable bonds is 6. The third-order valence-electron chi connectivity index (χ3n) is 4.63. The zero-order chi connectivity index (χ0) is 23.4. The molecule has 4 aromatic rings. The van der Waals surface area contributed by atoms with Gasteiger partial charge in [0.25, 0.3) is 11.6 Å². The summed E-state index contributed by atoms with van der Waals surface area (Å²) in [5, 5.41) is 16.3. The van der Waals surface area contributed by atoms with Crippen LogP contribution in [-0.2, 0) is 0 Å². The predicted molar refractivity (Wildman–Crippen MR) is 127 cm³/mol. The van der Waals surface area contributed by atoms with Crippen molar-refractivity contribution in [3.8, 4) is 17.2 Å². The first kappa shape index (κ1) is 21.9. The van der Waals surface area contributed by atoms with Gasteiger partial charge in [-0.05, 0) is 73.7 Å². The van der Waals surface area contributed by atoms with Crippen molar-refractivity contribution in [1.29, 1.82) is 0 Å². The van der Waals surface area contributed by atoms with Gasteiger partial charge >= 0.3 is 0 Å². The Morgan fingerprint density at radius 2 is 1.85 bits per heavy atom. The minimum Gasteiger partial charge on any atom is -0.494 e. The number of fused-ring (bicyclic) bond motifs is 1. The molecule has 0 aliphatic rings. The number of aromatic nitrogens is 1. The average Bonchev–Trinajstić information content (AvgIpc) is 3.23. The zero-order valence-corrected chi connectivity index (χ0v) is 18.2. The molecule has 1 aromatic heterocycles. The third-order valence-corrected chi connectivity index (χ3v) is 4.83. The molecule has 3 aromatic carbocycles. The van der Waals surface area contributed by atoms with Crippen molar-refractivity contribution < 1.29 is 18.9 Å². The van der Waals surface area contributed by atoms with Crippen molar-refractivity contribution in [3.63, 3.8) is 0 Å². The second kappa shape index (κ2) is 9.45. The maximum absolute atomic E-state index is 12.3. The van der Waals surface area contributed by atoms with Crippen LogP contribution >= 0.6 is 12.2 Å². The van der Waals surface area contributed by atoms with Crippen LogP contribution in [0.25, 0.3) is 22.6 Å². The van der Waals surface area contributed by atoms with E-state index in [2.05, 4.69) is 15.6 Å². The van der Waals surface area contributed by atoms with Gasteiger partial charge in [0, 0.05) is 28.9 Å². The highest BCUT2D eigenvalue weighted by atomic mass is 32.1. The molecule has 1 amide bonds. The van der Waals surface area contributed by atoms with Crippen molar-refractivity contribution in [2.24, 2.45) is 0 Å². The number of nitrogens with one attached hydrogen (secondary N) is 2. The Hall–Kier alpha value is -4.31. The van der Waals surface area contributed by atoms with Gasteiger partial charge in [-0.2, -0.15) is 0 Å². The monoisotopic (exact) mass is 462 g/mol. The molecular formula is C23H18N4O5S. The number of hydrogen-bond acceptors (Lipinski definition) is 7. The van der Waals surface area contributed by atoms with E-state index in [0.717, 1.165) is 11.3 Å². The van der Waals surface area contributed by atoms with Gasteiger partial charge < -0.3 is 14.5 Å². The molecule has 0 radical (unpaired) electrons. The van der Waals surface area contributed by atoms with E-state index < -0.39 is 10.8 Å². The molecule has 0 bridgehead atoms. The van der Waals surface area contributed by atoms with E-state index >= 15 is 0 Å². The third kappa shape index (κ3) is 5.13. The molecule has 2 N–H and O–H groups in total. The summed E-state index contributed by atoms with van der Waals surface area (Å²) in [6.07, 6.45) is 0. The Labute approximate surface area is 193 Å². The van der Waals surface area contributed by atoms with Crippen LogP contribution < -0.4 is 15.4 Å². The van der Waals surface area contributed by atoms with Crippen LogP contribution in [0.2, 0.25) is 0 Å². The topological polar surface area (TPSA) is 120 Å². The van der Waals surface area contributed by atoms with Gasteiger partial charge in [0.2, 0.25) is 5.89 Å². The number of nitro benzene ring substituents is 1. The Kier molecular flexibility index (Phi) is 6.27. The summed E-state index contributed by atoms with van der Waals surface area (Å²) in [7, 11) is 0. The number of carbonyl (C=O) groups excluding carboxylic acids is 1. The van der Waals surface area contributed by atoms with Crippen LogP contribution in [0.5, 0.6) is 5.75 Å². The van der Waals surface area contributed by atoms with Crippen molar-refractivity contribution in [2.45, 2.75) is 6.92 Å². The van der Waals surface area contributed by atoms with Crippen LogP contribution in [0.15, 0.2) is 71.1 Å². The molecule has 4 rings (SSSR count). The van der Waals surface area contributed by atoms with E-state index in [0.29, 0.717) is 29.3 Å². The van der Waals surface area contributed by atoms with E-state index in [9.17, 15) is 14.9 Å². The maximum Gasteiger partial charge on any atom is 0.269 e. The summed E-state index contributed by atoms with van der Waals surface area (Å²) in [5.74, 6) is 0.759. The highest BCUT2D eigenvalue weighted by Gasteiger charge is 2.13. The average molecular weight is 462 g/mol. The van der Waals surface area contributed by atoms with Crippen LogP contribution in [-0.4, -0.2) is 27.5 Å². The SMILES string of the molecule is CCOc1ccc(-c2nc3cc(NC(=S)NC(=O)c4ccc([N+](=O)[O-])cc4)ccc3o2)cc1. The summed E-state index contributed by atoms with van der Waals surface area (Å²) in [6.45, 7) is 2.52. The molecule has 0 spiro atoms. The first-order valence-corrected chi connectivity index (χ1v) is 10.3. The molecule has 0 saturated carbocycles. The summed E-state index contributed by atoms with van der Waals surface area (Å²) >= 11 is 5.21. The number of benzene rings is 3. The van der Waals surface area contributed by atoms with Crippen molar-refractivity contribution in [1.82, 2.24) is 10.3 Å². The number of anilines is 1. The molecule has 0 aliphatic carbocycles. The van der Waals surface area contributed by atoms with E-state index in [1.165, 1.54) is 24.3 Å². The van der Waals surface area contributed by atoms with Gasteiger partial charge in [-0.15, -0.1) is 0 Å². The number of oxazole rings is 1. The van der Waals surface area contributed by atoms with E-state index in [1.807, 2.05) is 31.2 Å². The van der Waals surface area contributed by atoms with Crippen LogP contribution in [0, 0.1) is 10.1 Å².